The lowest BCUT2D eigenvalue weighted by molar-refractivity contribution is -0.676. The van der Waals surface area contributed by atoms with Crippen LogP contribution in [0.15, 0.2) is 48.6 Å². The average molecular weight is 212 g/mol. The van der Waals surface area contributed by atoms with Crippen LogP contribution in [0.25, 0.3) is 21.5 Å². The fourth-order valence-electron chi connectivity index (χ4n) is 2.16. The van der Waals surface area contributed by atoms with E-state index in [0.29, 0.717) is 6.04 Å². The molecule has 3 rings (SSSR count). The zero-order valence-electron chi connectivity index (χ0n) is 11.4. The average Bonchev–Trinajstić information content (AvgIpc) is 2.41. The quantitative estimate of drug-likeness (QED) is 0.398. The molecule has 16 heavy (non-hydrogen) atoms. The maximum atomic E-state index is 8.09. The van der Waals surface area contributed by atoms with Gasteiger partial charge in [-0.25, -0.2) is 4.57 Å². The minimum atomic E-state index is 0.260. The van der Waals surface area contributed by atoms with Crippen molar-refractivity contribution in [2.45, 2.75) is 6.92 Å². The van der Waals surface area contributed by atoms with E-state index in [1.165, 1.54) is 5.39 Å². The summed E-state index contributed by atoms with van der Waals surface area (Å²) in [6, 6.07) is 12.5. The molecule has 0 amide bonds. The van der Waals surface area contributed by atoms with E-state index < -0.39 is 0 Å². The SMILES string of the molecule is [3H]c1c([3H])[n+](C)c(C)c2c1ccc1ccccc12. The summed E-state index contributed by atoms with van der Waals surface area (Å²) in [4.78, 5) is 0. The first-order chi connectivity index (χ1) is 8.61. The number of rotatable bonds is 0. The van der Waals surface area contributed by atoms with Gasteiger partial charge in [0.05, 0.1) is 6.76 Å². The second-order valence-electron chi connectivity index (χ2n) is 4.09. The van der Waals surface area contributed by atoms with Gasteiger partial charge in [0.25, 0.3) is 0 Å². The fraction of sp³-hybridized carbons (Fsp3) is 0.133. The Morgan fingerprint density at radius 3 is 2.69 bits per heavy atom. The lowest BCUT2D eigenvalue weighted by atomic mass is 10.0. The molecule has 2 aromatic carbocycles. The Labute approximate surface area is 97.8 Å². The third-order valence-electron chi connectivity index (χ3n) is 3.15. The molecule has 0 radical (unpaired) electrons. The van der Waals surface area contributed by atoms with E-state index >= 15 is 0 Å². The summed E-state index contributed by atoms with van der Waals surface area (Å²) >= 11 is 0. The van der Waals surface area contributed by atoms with Crippen molar-refractivity contribution in [2.24, 2.45) is 7.05 Å². The van der Waals surface area contributed by atoms with E-state index in [-0.39, 0.29) is 6.17 Å². The van der Waals surface area contributed by atoms with Gasteiger partial charge in [-0.15, -0.1) is 0 Å². The fourth-order valence-corrected chi connectivity index (χ4v) is 2.16. The topological polar surface area (TPSA) is 3.88 Å². The third-order valence-corrected chi connectivity index (χ3v) is 3.15. The molecule has 1 aromatic heterocycles. The number of nitrogens with zero attached hydrogens (tertiary/aromatic N) is 1. The molecule has 0 saturated heterocycles. The smallest absolute Gasteiger partial charge is 0.186 e. The molecule has 0 aliphatic carbocycles. The van der Waals surface area contributed by atoms with Crippen molar-refractivity contribution in [1.82, 2.24) is 0 Å². The first-order valence-electron chi connectivity index (χ1n) is 6.38. The van der Waals surface area contributed by atoms with Crippen molar-refractivity contribution in [2.75, 3.05) is 0 Å². The summed E-state index contributed by atoms with van der Waals surface area (Å²) in [7, 11) is 1.84. The summed E-state index contributed by atoms with van der Waals surface area (Å²) in [6.45, 7) is 2.01. The molecule has 0 bridgehead atoms. The van der Waals surface area contributed by atoms with Crippen molar-refractivity contribution in [1.29, 1.82) is 0 Å². The van der Waals surface area contributed by atoms with Gasteiger partial charge in [-0.3, -0.25) is 0 Å². The van der Waals surface area contributed by atoms with Crippen LogP contribution >= 0.6 is 0 Å². The molecule has 3 aromatic rings. The summed E-state index contributed by atoms with van der Waals surface area (Å²) in [5.41, 5.74) is 1.03. The second kappa shape index (κ2) is 3.31. The van der Waals surface area contributed by atoms with Crippen LogP contribution < -0.4 is 4.57 Å². The molecular formula is C15H14N+. The third kappa shape index (κ3) is 1.21. The zero-order valence-corrected chi connectivity index (χ0v) is 9.41. The lowest BCUT2D eigenvalue weighted by Crippen LogP contribution is -2.31. The van der Waals surface area contributed by atoms with Crippen LogP contribution in [-0.4, -0.2) is 0 Å². The highest BCUT2D eigenvalue weighted by molar-refractivity contribution is 6.07. The van der Waals surface area contributed by atoms with E-state index in [1.807, 2.05) is 38.2 Å². The molecule has 0 aliphatic rings. The predicted octanol–water partition coefficient (Wildman–Crippen LogP) is 3.13. The van der Waals surface area contributed by atoms with Crippen molar-refractivity contribution in [3.8, 4) is 0 Å². The van der Waals surface area contributed by atoms with Crippen molar-refractivity contribution < 1.29 is 7.31 Å². The molecule has 0 unspecified atom stereocenters. The van der Waals surface area contributed by atoms with Crippen LogP contribution in [0.4, 0.5) is 0 Å². The second-order valence-corrected chi connectivity index (χ2v) is 4.09. The Bertz CT molecular complexity index is 778. The van der Waals surface area contributed by atoms with Crippen LogP contribution in [0.5, 0.6) is 0 Å². The Hall–Kier alpha value is -1.89. The monoisotopic (exact) mass is 212 g/mol. The molecule has 0 saturated carbocycles. The largest absolute Gasteiger partial charge is 0.205 e. The van der Waals surface area contributed by atoms with Gasteiger partial charge in [0, 0.05) is 13.0 Å². The molecule has 0 fully saturated rings. The number of pyridine rings is 1. The molecule has 0 aliphatic heterocycles. The minimum absolute atomic E-state index is 0.260. The normalized spacial score (nSPS) is 12.9. The predicted molar refractivity (Wildman–Crippen MR) is 67.4 cm³/mol. The Morgan fingerprint density at radius 1 is 1.06 bits per heavy atom. The maximum absolute atomic E-state index is 8.09. The van der Waals surface area contributed by atoms with Crippen LogP contribution in [-0.2, 0) is 7.05 Å². The van der Waals surface area contributed by atoms with Crippen LogP contribution in [0, 0.1) is 6.92 Å². The van der Waals surface area contributed by atoms with Gasteiger partial charge in [0.1, 0.15) is 8.42 Å². The van der Waals surface area contributed by atoms with Crippen molar-refractivity contribution in [3.63, 3.8) is 0 Å². The van der Waals surface area contributed by atoms with Gasteiger partial charge in [-0.1, -0.05) is 36.4 Å². The highest BCUT2D eigenvalue weighted by Crippen LogP contribution is 2.25. The van der Waals surface area contributed by atoms with Gasteiger partial charge in [0.2, 0.25) is 0 Å². The Kier molecular flexibility index (Phi) is 1.53. The molecular weight excluding hydrogens is 194 g/mol. The lowest BCUT2D eigenvalue weighted by Gasteiger charge is -2.04. The molecule has 1 heterocycles. The number of hydrogen-bond donors (Lipinski definition) is 0. The standard InChI is InChI=1S/C15H14N/c1-11-15-13(9-10-16(11)2)8-7-12-5-3-4-6-14(12)15/h3-10H,1-2H3/q+1/i9T,10T. The first kappa shape index (κ1) is 7.39. The van der Waals surface area contributed by atoms with Crippen LogP contribution in [0.1, 0.15) is 8.44 Å². The Morgan fingerprint density at radius 2 is 1.81 bits per heavy atom. The van der Waals surface area contributed by atoms with Gasteiger partial charge < -0.3 is 0 Å². The number of hydrogen-bond acceptors (Lipinski definition) is 0. The maximum Gasteiger partial charge on any atom is 0.186 e. The van der Waals surface area contributed by atoms with Gasteiger partial charge in [-0.05, 0) is 16.2 Å². The summed E-state index contributed by atoms with van der Waals surface area (Å²) in [6.07, 6.45) is 0.260. The molecule has 1 nitrogen and oxygen atoms in total. The zero-order chi connectivity index (χ0) is 12.9. The van der Waals surface area contributed by atoms with Crippen LogP contribution in [0.3, 0.4) is 0 Å². The van der Waals surface area contributed by atoms with Gasteiger partial charge >= 0.3 is 0 Å². The molecule has 1 heteroatoms. The van der Waals surface area contributed by atoms with Gasteiger partial charge in [-0.2, -0.15) is 0 Å². The van der Waals surface area contributed by atoms with E-state index in [0.717, 1.165) is 21.9 Å². The summed E-state index contributed by atoms with van der Waals surface area (Å²) in [5.74, 6) is 0. The Balaban J connectivity index is 2.66. The molecule has 78 valence electrons. The number of fused-ring (bicyclic) bond motifs is 3. The van der Waals surface area contributed by atoms with E-state index in [1.54, 1.807) is 4.57 Å². The van der Waals surface area contributed by atoms with Crippen LogP contribution in [0.2, 0.25) is 0 Å². The summed E-state index contributed by atoms with van der Waals surface area (Å²) in [5, 5.41) is 4.26. The van der Waals surface area contributed by atoms with E-state index in [9.17, 15) is 0 Å². The highest BCUT2D eigenvalue weighted by Gasteiger charge is 2.09. The van der Waals surface area contributed by atoms with Gasteiger partial charge in [0.15, 0.2) is 11.9 Å². The number of aromatic nitrogens is 1. The molecule has 0 N–H and O–H groups in total. The molecule has 0 atom stereocenters. The number of benzene rings is 2. The summed E-state index contributed by atoms with van der Waals surface area (Å²) < 4.78 is 17.8. The highest BCUT2D eigenvalue weighted by atomic mass is 14.9. The van der Waals surface area contributed by atoms with Crippen molar-refractivity contribution >= 4 is 21.5 Å². The first-order valence-corrected chi connectivity index (χ1v) is 5.38. The van der Waals surface area contributed by atoms with E-state index in [4.69, 9.17) is 2.74 Å². The van der Waals surface area contributed by atoms with E-state index in [2.05, 4.69) is 12.1 Å². The minimum Gasteiger partial charge on any atom is -0.205 e. The van der Waals surface area contributed by atoms with Crippen molar-refractivity contribution in [3.05, 3.63) is 54.3 Å². The molecule has 0 spiro atoms. The number of aryl methyl sites for hydroxylation is 1.